The van der Waals surface area contributed by atoms with Crippen LogP contribution in [0.4, 0.5) is 0 Å². The number of methoxy groups -OCH3 is 1. The van der Waals surface area contributed by atoms with E-state index >= 15 is 0 Å². The first-order valence-corrected chi connectivity index (χ1v) is 6.35. The average Bonchev–Trinajstić information content (AvgIpc) is 2.78. The fraction of sp³-hybridized carbons (Fsp3) is 0.533. The van der Waals surface area contributed by atoms with Crippen molar-refractivity contribution in [2.24, 2.45) is 5.92 Å². The molecular weight excluding hydrogens is 212 g/mol. The Morgan fingerprint density at radius 2 is 2.12 bits per heavy atom. The molecule has 17 heavy (non-hydrogen) atoms. The Morgan fingerprint density at radius 3 is 2.76 bits per heavy atom. The van der Waals surface area contributed by atoms with Crippen LogP contribution in [0.5, 0.6) is 0 Å². The van der Waals surface area contributed by atoms with Gasteiger partial charge in [0.05, 0.1) is 13.0 Å². The lowest BCUT2D eigenvalue weighted by Gasteiger charge is -2.11. The van der Waals surface area contributed by atoms with Gasteiger partial charge in [0.15, 0.2) is 0 Å². The van der Waals surface area contributed by atoms with Gasteiger partial charge in [-0.1, -0.05) is 31.5 Å². The Balaban J connectivity index is 2.21. The molecule has 0 spiro atoms. The number of ether oxygens (including phenoxy) is 1. The molecule has 0 aliphatic heterocycles. The third kappa shape index (κ3) is 2.36. The van der Waals surface area contributed by atoms with Crippen LogP contribution >= 0.6 is 0 Å². The second-order valence-electron chi connectivity index (χ2n) is 4.96. The highest BCUT2D eigenvalue weighted by atomic mass is 16.5. The normalized spacial score (nSPS) is 19.8. The van der Waals surface area contributed by atoms with E-state index < -0.39 is 0 Å². The minimum absolute atomic E-state index is 0.157. The molecule has 2 atom stereocenters. The zero-order valence-corrected chi connectivity index (χ0v) is 10.8. The van der Waals surface area contributed by atoms with Crippen LogP contribution in [0.15, 0.2) is 18.2 Å². The Morgan fingerprint density at radius 1 is 1.41 bits per heavy atom. The van der Waals surface area contributed by atoms with E-state index in [0.717, 1.165) is 17.9 Å². The van der Waals surface area contributed by atoms with Crippen molar-refractivity contribution in [3.8, 4) is 0 Å². The zero-order chi connectivity index (χ0) is 12.4. The molecule has 1 aromatic rings. The summed E-state index contributed by atoms with van der Waals surface area (Å²) in [6.07, 6.45) is 3.59. The summed E-state index contributed by atoms with van der Waals surface area (Å²) in [6, 6.07) is 6.44. The van der Waals surface area contributed by atoms with Gasteiger partial charge in [-0.25, -0.2) is 0 Å². The van der Waals surface area contributed by atoms with Crippen molar-refractivity contribution in [2.45, 2.75) is 39.0 Å². The Bertz CT molecular complexity index is 423. The third-order valence-corrected chi connectivity index (χ3v) is 3.88. The SMILES string of the molecule is CCC1Cc2ccc(C(C)C(=O)OC)cc2C1. The van der Waals surface area contributed by atoms with Crippen LogP contribution in [0.1, 0.15) is 42.9 Å². The lowest BCUT2D eigenvalue weighted by Crippen LogP contribution is -2.11. The summed E-state index contributed by atoms with van der Waals surface area (Å²) in [7, 11) is 1.44. The van der Waals surface area contributed by atoms with Crippen molar-refractivity contribution >= 4 is 5.97 Å². The highest BCUT2D eigenvalue weighted by Crippen LogP contribution is 2.31. The summed E-state index contributed by atoms with van der Waals surface area (Å²) in [6.45, 7) is 4.15. The molecule has 0 N–H and O–H groups in total. The molecule has 0 radical (unpaired) electrons. The van der Waals surface area contributed by atoms with Gasteiger partial charge >= 0.3 is 5.97 Å². The van der Waals surface area contributed by atoms with Gasteiger partial charge in [-0.05, 0) is 42.4 Å². The van der Waals surface area contributed by atoms with Gasteiger partial charge in [0.1, 0.15) is 0 Å². The van der Waals surface area contributed by atoms with Crippen molar-refractivity contribution < 1.29 is 9.53 Å². The number of hydrogen-bond donors (Lipinski definition) is 0. The number of hydrogen-bond acceptors (Lipinski definition) is 2. The Kier molecular flexibility index (Phi) is 3.51. The molecule has 2 unspecified atom stereocenters. The molecule has 2 heteroatoms. The van der Waals surface area contributed by atoms with E-state index in [9.17, 15) is 4.79 Å². The first kappa shape index (κ1) is 12.2. The van der Waals surface area contributed by atoms with Crippen LogP contribution in [0.25, 0.3) is 0 Å². The van der Waals surface area contributed by atoms with E-state index in [2.05, 4.69) is 25.1 Å². The maximum atomic E-state index is 11.5. The predicted octanol–water partition coefficient (Wildman–Crippen LogP) is 3.09. The second kappa shape index (κ2) is 4.91. The molecule has 2 nitrogen and oxygen atoms in total. The van der Waals surface area contributed by atoms with E-state index in [4.69, 9.17) is 4.74 Å². The van der Waals surface area contributed by atoms with Crippen molar-refractivity contribution in [3.63, 3.8) is 0 Å². The molecule has 0 fully saturated rings. The molecule has 0 amide bonds. The quantitative estimate of drug-likeness (QED) is 0.749. The van der Waals surface area contributed by atoms with Crippen molar-refractivity contribution in [1.82, 2.24) is 0 Å². The number of fused-ring (bicyclic) bond motifs is 1. The van der Waals surface area contributed by atoms with Crippen LogP contribution in [0.3, 0.4) is 0 Å². The lowest BCUT2D eigenvalue weighted by molar-refractivity contribution is -0.141. The van der Waals surface area contributed by atoms with E-state index in [1.165, 1.54) is 31.1 Å². The van der Waals surface area contributed by atoms with Gasteiger partial charge in [0.25, 0.3) is 0 Å². The summed E-state index contributed by atoms with van der Waals surface area (Å²) in [4.78, 5) is 11.5. The molecule has 1 aliphatic carbocycles. The summed E-state index contributed by atoms with van der Waals surface area (Å²) >= 11 is 0. The fourth-order valence-corrected chi connectivity index (χ4v) is 2.60. The monoisotopic (exact) mass is 232 g/mol. The van der Waals surface area contributed by atoms with Gasteiger partial charge in [-0.2, -0.15) is 0 Å². The average molecular weight is 232 g/mol. The van der Waals surface area contributed by atoms with Crippen LogP contribution in [0, 0.1) is 5.92 Å². The van der Waals surface area contributed by atoms with E-state index in [-0.39, 0.29) is 11.9 Å². The van der Waals surface area contributed by atoms with Gasteiger partial charge in [-0.3, -0.25) is 4.79 Å². The second-order valence-corrected chi connectivity index (χ2v) is 4.96. The molecular formula is C15H20O2. The van der Waals surface area contributed by atoms with Crippen LogP contribution < -0.4 is 0 Å². The largest absolute Gasteiger partial charge is 0.469 e. The van der Waals surface area contributed by atoms with Gasteiger partial charge < -0.3 is 4.74 Å². The number of rotatable bonds is 3. The molecule has 0 aromatic heterocycles. The molecule has 0 heterocycles. The number of carbonyl (C=O) groups excluding carboxylic acids is 1. The Hall–Kier alpha value is -1.31. The number of benzene rings is 1. The Labute approximate surface area is 103 Å². The highest BCUT2D eigenvalue weighted by Gasteiger charge is 2.22. The number of carbonyl (C=O) groups is 1. The summed E-state index contributed by atoms with van der Waals surface area (Å²) in [5.74, 6) is 0.467. The molecule has 0 saturated carbocycles. The topological polar surface area (TPSA) is 26.3 Å². The number of esters is 1. The maximum absolute atomic E-state index is 11.5. The summed E-state index contributed by atoms with van der Waals surface area (Å²) in [5, 5.41) is 0. The first-order chi connectivity index (χ1) is 8.15. The summed E-state index contributed by atoms with van der Waals surface area (Å²) in [5.41, 5.74) is 3.95. The van der Waals surface area contributed by atoms with Crippen LogP contribution in [-0.2, 0) is 22.4 Å². The van der Waals surface area contributed by atoms with Crippen molar-refractivity contribution in [1.29, 1.82) is 0 Å². The molecule has 0 bridgehead atoms. The lowest BCUT2D eigenvalue weighted by atomic mass is 9.97. The maximum Gasteiger partial charge on any atom is 0.312 e. The highest BCUT2D eigenvalue weighted by molar-refractivity contribution is 5.77. The molecule has 1 aromatic carbocycles. The minimum atomic E-state index is -0.161. The fourth-order valence-electron chi connectivity index (χ4n) is 2.60. The predicted molar refractivity (Wildman–Crippen MR) is 68.1 cm³/mol. The summed E-state index contributed by atoms with van der Waals surface area (Å²) < 4.78 is 4.79. The van der Waals surface area contributed by atoms with Gasteiger partial charge in [0.2, 0.25) is 0 Å². The smallest absolute Gasteiger partial charge is 0.312 e. The van der Waals surface area contributed by atoms with E-state index in [1.807, 2.05) is 6.92 Å². The third-order valence-electron chi connectivity index (χ3n) is 3.88. The zero-order valence-electron chi connectivity index (χ0n) is 10.8. The molecule has 1 aliphatic rings. The standard InChI is InChI=1S/C15H20O2/c1-4-11-7-13-6-5-12(9-14(13)8-11)10(2)15(16)17-3/h5-6,9-11H,4,7-8H2,1-3H3. The first-order valence-electron chi connectivity index (χ1n) is 6.35. The molecule has 92 valence electrons. The van der Waals surface area contributed by atoms with Crippen LogP contribution in [0.2, 0.25) is 0 Å². The van der Waals surface area contributed by atoms with Gasteiger partial charge in [0, 0.05) is 0 Å². The van der Waals surface area contributed by atoms with Crippen molar-refractivity contribution in [3.05, 3.63) is 34.9 Å². The van der Waals surface area contributed by atoms with Crippen molar-refractivity contribution in [2.75, 3.05) is 7.11 Å². The minimum Gasteiger partial charge on any atom is -0.469 e. The van der Waals surface area contributed by atoms with Crippen LogP contribution in [-0.4, -0.2) is 13.1 Å². The van der Waals surface area contributed by atoms with Gasteiger partial charge in [-0.15, -0.1) is 0 Å². The van der Waals surface area contributed by atoms with E-state index in [1.54, 1.807) is 0 Å². The van der Waals surface area contributed by atoms with E-state index in [0.29, 0.717) is 0 Å². The molecule has 0 saturated heterocycles. The molecule has 2 rings (SSSR count).